The van der Waals surface area contributed by atoms with Crippen LogP contribution in [0.5, 0.6) is 0 Å². The molecule has 2 aromatic rings. The van der Waals surface area contributed by atoms with Crippen molar-refractivity contribution in [1.82, 2.24) is 24.5 Å². The van der Waals surface area contributed by atoms with Crippen LogP contribution in [0.15, 0.2) is 24.5 Å². The van der Waals surface area contributed by atoms with Crippen LogP contribution < -0.4 is 0 Å². The molecule has 1 amide bonds. The maximum Gasteiger partial charge on any atom is 0.244 e. The van der Waals surface area contributed by atoms with Gasteiger partial charge < -0.3 is 14.6 Å². The summed E-state index contributed by atoms with van der Waals surface area (Å²) < 4.78 is 3.61. The van der Waals surface area contributed by atoms with Crippen LogP contribution in [0, 0.1) is 0 Å². The van der Waals surface area contributed by atoms with Crippen molar-refractivity contribution in [3.63, 3.8) is 0 Å². The van der Waals surface area contributed by atoms with E-state index in [4.69, 9.17) is 0 Å². The van der Waals surface area contributed by atoms with Crippen LogP contribution in [0.1, 0.15) is 56.1 Å². The largest absolute Gasteiger partial charge is 0.387 e. The van der Waals surface area contributed by atoms with E-state index in [9.17, 15) is 9.90 Å². The normalized spacial score (nSPS) is 20.0. The highest BCUT2D eigenvalue weighted by Crippen LogP contribution is 2.30. The molecule has 0 aliphatic carbocycles. The summed E-state index contributed by atoms with van der Waals surface area (Å²) in [7, 11) is 2.02. The monoisotopic (exact) mass is 331 g/mol. The van der Waals surface area contributed by atoms with Gasteiger partial charge in [-0.2, -0.15) is 0 Å². The zero-order chi connectivity index (χ0) is 17.1. The molecule has 0 spiro atoms. The van der Waals surface area contributed by atoms with Crippen molar-refractivity contribution < 1.29 is 9.90 Å². The minimum absolute atomic E-state index is 0.0464. The lowest BCUT2D eigenvalue weighted by Gasteiger charge is -2.30. The van der Waals surface area contributed by atoms with Crippen LogP contribution in [-0.4, -0.2) is 42.0 Å². The number of aliphatic hydroxyl groups is 1. The molecule has 2 aromatic heterocycles. The highest BCUT2D eigenvalue weighted by molar-refractivity contribution is 5.76. The van der Waals surface area contributed by atoms with E-state index in [1.165, 1.54) is 10.4 Å². The predicted molar refractivity (Wildman–Crippen MR) is 89.0 cm³/mol. The standard InChI is InChI=1S/C17H25N5O2/c1-13(23)14-11-21(19-18-14)12-17(24)22-10-5-3-4-7-16(22)15-8-6-9-20(15)2/h6,8-9,11,13,16,23H,3-5,7,10,12H2,1-2H3. The second-order valence-electron chi connectivity index (χ2n) is 6.51. The highest BCUT2D eigenvalue weighted by atomic mass is 16.3. The molecule has 0 bridgehead atoms. The number of carbonyl (C=O) groups is 1. The molecule has 1 fully saturated rings. The Morgan fingerprint density at radius 3 is 2.92 bits per heavy atom. The second kappa shape index (κ2) is 7.17. The third-order valence-electron chi connectivity index (χ3n) is 4.68. The third kappa shape index (κ3) is 3.51. The molecule has 2 unspecified atom stereocenters. The third-order valence-corrected chi connectivity index (χ3v) is 4.68. The van der Waals surface area contributed by atoms with E-state index in [1.807, 2.05) is 24.2 Å². The van der Waals surface area contributed by atoms with Crippen LogP contribution in [0.2, 0.25) is 0 Å². The molecule has 130 valence electrons. The number of carbonyl (C=O) groups excluding carboxylic acids is 1. The Kier molecular flexibility index (Phi) is 4.99. The van der Waals surface area contributed by atoms with Crippen molar-refractivity contribution in [3.05, 3.63) is 35.9 Å². The summed E-state index contributed by atoms with van der Waals surface area (Å²) in [4.78, 5) is 14.9. The lowest BCUT2D eigenvalue weighted by Crippen LogP contribution is -2.37. The average molecular weight is 331 g/mol. The minimum atomic E-state index is -0.678. The van der Waals surface area contributed by atoms with E-state index in [-0.39, 0.29) is 18.5 Å². The van der Waals surface area contributed by atoms with Gasteiger partial charge in [-0.25, -0.2) is 4.68 Å². The fourth-order valence-corrected chi connectivity index (χ4v) is 3.35. The lowest BCUT2D eigenvalue weighted by atomic mass is 10.1. The number of aromatic nitrogens is 4. The number of likely N-dealkylation sites (tertiary alicyclic amines) is 1. The Hall–Kier alpha value is -2.15. The maximum absolute atomic E-state index is 12.9. The first-order valence-corrected chi connectivity index (χ1v) is 8.55. The quantitative estimate of drug-likeness (QED) is 0.927. The number of amides is 1. The van der Waals surface area contributed by atoms with Gasteiger partial charge in [0.05, 0.1) is 18.3 Å². The van der Waals surface area contributed by atoms with Crippen LogP contribution in [-0.2, 0) is 18.4 Å². The molecule has 1 aliphatic heterocycles. The van der Waals surface area contributed by atoms with Crippen LogP contribution in [0.25, 0.3) is 0 Å². The summed E-state index contributed by atoms with van der Waals surface area (Å²) in [6.07, 6.45) is 7.29. The van der Waals surface area contributed by atoms with Gasteiger partial charge in [-0.05, 0) is 31.9 Å². The molecular weight excluding hydrogens is 306 g/mol. The van der Waals surface area contributed by atoms with Gasteiger partial charge >= 0.3 is 0 Å². The number of nitrogens with zero attached hydrogens (tertiary/aromatic N) is 5. The minimum Gasteiger partial charge on any atom is -0.387 e. The molecule has 2 atom stereocenters. The summed E-state index contributed by atoms with van der Waals surface area (Å²) in [5.41, 5.74) is 1.66. The molecule has 3 heterocycles. The molecular formula is C17H25N5O2. The SMILES string of the molecule is CC(O)c1cn(CC(=O)N2CCCCCC2c2cccn2C)nn1. The summed E-state index contributed by atoms with van der Waals surface area (Å²) in [5.74, 6) is 0.0464. The zero-order valence-corrected chi connectivity index (χ0v) is 14.3. The van der Waals surface area contributed by atoms with Gasteiger partial charge in [-0.1, -0.05) is 18.1 Å². The predicted octanol–water partition coefficient (Wildman–Crippen LogP) is 1.81. The Bertz CT molecular complexity index is 691. The highest BCUT2D eigenvalue weighted by Gasteiger charge is 2.28. The van der Waals surface area contributed by atoms with E-state index < -0.39 is 6.10 Å². The zero-order valence-electron chi connectivity index (χ0n) is 14.3. The number of aryl methyl sites for hydroxylation is 1. The fraction of sp³-hybridized carbons (Fsp3) is 0.588. The fourth-order valence-electron chi connectivity index (χ4n) is 3.35. The van der Waals surface area contributed by atoms with E-state index >= 15 is 0 Å². The van der Waals surface area contributed by atoms with Crippen LogP contribution in [0.3, 0.4) is 0 Å². The first-order valence-electron chi connectivity index (χ1n) is 8.55. The second-order valence-corrected chi connectivity index (χ2v) is 6.51. The lowest BCUT2D eigenvalue weighted by molar-refractivity contribution is -0.134. The Morgan fingerprint density at radius 1 is 1.42 bits per heavy atom. The molecule has 0 saturated carbocycles. The molecule has 7 nitrogen and oxygen atoms in total. The van der Waals surface area contributed by atoms with Gasteiger partial charge in [0.2, 0.25) is 5.91 Å². The molecule has 3 rings (SSSR count). The summed E-state index contributed by atoms with van der Waals surface area (Å²) >= 11 is 0. The molecule has 0 radical (unpaired) electrons. The van der Waals surface area contributed by atoms with Gasteiger partial charge in [-0.3, -0.25) is 4.79 Å². The van der Waals surface area contributed by atoms with Crippen molar-refractivity contribution in [2.24, 2.45) is 7.05 Å². The summed E-state index contributed by atoms with van der Waals surface area (Å²) in [5, 5.41) is 17.4. The number of rotatable bonds is 4. The van der Waals surface area contributed by atoms with Gasteiger partial charge in [0.25, 0.3) is 0 Å². The molecule has 7 heteroatoms. The Morgan fingerprint density at radius 2 is 2.25 bits per heavy atom. The summed E-state index contributed by atoms with van der Waals surface area (Å²) in [6, 6.07) is 4.23. The number of hydrogen-bond donors (Lipinski definition) is 1. The molecule has 0 aromatic carbocycles. The van der Waals surface area contributed by atoms with Crippen molar-refractivity contribution >= 4 is 5.91 Å². The number of aliphatic hydroxyl groups excluding tert-OH is 1. The van der Waals surface area contributed by atoms with Gasteiger partial charge in [0.1, 0.15) is 12.2 Å². The summed E-state index contributed by atoms with van der Waals surface area (Å²) in [6.45, 7) is 2.56. The average Bonchev–Trinajstić information content (AvgIpc) is 3.10. The van der Waals surface area contributed by atoms with Crippen molar-refractivity contribution in [3.8, 4) is 0 Å². The van der Waals surface area contributed by atoms with E-state index in [0.717, 1.165) is 32.2 Å². The van der Waals surface area contributed by atoms with Crippen LogP contribution in [0.4, 0.5) is 0 Å². The maximum atomic E-state index is 12.9. The molecule has 1 aliphatic rings. The first kappa shape index (κ1) is 16.7. The molecule has 1 N–H and O–H groups in total. The number of hydrogen-bond acceptors (Lipinski definition) is 4. The van der Waals surface area contributed by atoms with Crippen LogP contribution >= 0.6 is 0 Å². The van der Waals surface area contributed by atoms with Gasteiger partial charge in [-0.15, -0.1) is 5.10 Å². The van der Waals surface area contributed by atoms with Crippen molar-refractivity contribution in [2.75, 3.05) is 6.54 Å². The van der Waals surface area contributed by atoms with Crippen molar-refractivity contribution in [2.45, 2.75) is 51.3 Å². The topological polar surface area (TPSA) is 76.2 Å². The smallest absolute Gasteiger partial charge is 0.244 e. The molecule has 24 heavy (non-hydrogen) atoms. The first-order chi connectivity index (χ1) is 11.6. The molecule has 1 saturated heterocycles. The van der Waals surface area contributed by atoms with Crippen molar-refractivity contribution in [1.29, 1.82) is 0 Å². The Labute approximate surface area is 141 Å². The van der Waals surface area contributed by atoms with Gasteiger partial charge in [0, 0.05) is 25.5 Å². The van der Waals surface area contributed by atoms with Gasteiger partial charge in [0.15, 0.2) is 0 Å². The van der Waals surface area contributed by atoms with E-state index in [2.05, 4.69) is 20.9 Å². The van der Waals surface area contributed by atoms with E-state index in [1.54, 1.807) is 13.1 Å². The van der Waals surface area contributed by atoms with E-state index in [0.29, 0.717) is 5.69 Å². The Balaban J connectivity index is 1.78.